The van der Waals surface area contributed by atoms with E-state index in [1.807, 2.05) is 60.7 Å². The van der Waals surface area contributed by atoms with Gasteiger partial charge in [-0.25, -0.2) is 0 Å². The van der Waals surface area contributed by atoms with Crippen LogP contribution >= 0.6 is 11.3 Å². The van der Waals surface area contributed by atoms with Crippen molar-refractivity contribution in [3.05, 3.63) is 87.8 Å². The lowest BCUT2D eigenvalue weighted by molar-refractivity contribution is -0.936. The lowest BCUT2D eigenvalue weighted by atomic mass is 9.90. The molecule has 1 amide bonds. The molecule has 1 aliphatic heterocycles. The molecular weight excluding hydrogens is 390 g/mol. The number of fused-ring (bicyclic) bond motifs is 1. The van der Waals surface area contributed by atoms with Crippen LogP contribution < -0.4 is 10.2 Å². The Labute approximate surface area is 181 Å². The molecule has 152 valence electrons. The summed E-state index contributed by atoms with van der Waals surface area (Å²) in [7, 11) is 0. The van der Waals surface area contributed by atoms with E-state index in [-0.39, 0.29) is 5.91 Å². The van der Waals surface area contributed by atoms with Crippen LogP contribution in [0, 0.1) is 11.3 Å². The Morgan fingerprint density at radius 3 is 2.20 bits per heavy atom. The topological polar surface area (TPSA) is 57.3 Å². The minimum Gasteiger partial charge on any atom is -0.328 e. The Morgan fingerprint density at radius 2 is 1.67 bits per heavy atom. The lowest BCUT2D eigenvalue weighted by Gasteiger charge is -2.27. The monoisotopic (exact) mass is 416 g/mol. The lowest BCUT2D eigenvalue weighted by Crippen LogP contribution is -3.14. The quantitative estimate of drug-likeness (QED) is 0.666. The predicted molar refractivity (Wildman–Crippen MR) is 121 cm³/mol. The highest BCUT2D eigenvalue weighted by atomic mass is 32.1. The van der Waals surface area contributed by atoms with Crippen LogP contribution in [0.1, 0.15) is 46.9 Å². The largest absolute Gasteiger partial charge is 0.328 e. The molecule has 4 rings (SSSR count). The molecule has 2 aromatic carbocycles. The van der Waals surface area contributed by atoms with Gasteiger partial charge in [0.15, 0.2) is 0 Å². The van der Waals surface area contributed by atoms with Gasteiger partial charge in [0.25, 0.3) is 0 Å². The molecule has 0 radical (unpaired) electrons. The molecule has 2 N–H and O–H groups in total. The summed E-state index contributed by atoms with van der Waals surface area (Å²) in [6.45, 7) is 6.40. The van der Waals surface area contributed by atoms with Gasteiger partial charge in [-0.1, -0.05) is 60.7 Å². The smallest absolute Gasteiger partial charge is 0.237 e. The van der Waals surface area contributed by atoms with E-state index in [1.54, 1.807) is 11.3 Å². The second-order valence-electron chi connectivity index (χ2n) is 8.05. The fraction of sp³-hybridized carbons (Fsp3) is 0.280. The molecule has 3 aromatic rings. The van der Waals surface area contributed by atoms with Crippen LogP contribution in [-0.4, -0.2) is 18.5 Å². The summed E-state index contributed by atoms with van der Waals surface area (Å²) in [6, 6.07) is 22.5. The van der Waals surface area contributed by atoms with Gasteiger partial charge in [0.05, 0.1) is 28.9 Å². The molecule has 0 bridgehead atoms. The highest BCUT2D eigenvalue weighted by Gasteiger charge is 2.30. The third kappa shape index (κ3) is 4.02. The molecule has 0 fully saturated rings. The van der Waals surface area contributed by atoms with Crippen molar-refractivity contribution in [2.24, 2.45) is 0 Å². The van der Waals surface area contributed by atoms with Crippen LogP contribution in [0.25, 0.3) is 0 Å². The number of amides is 1. The van der Waals surface area contributed by atoms with Crippen molar-refractivity contribution < 1.29 is 9.69 Å². The molecule has 1 unspecified atom stereocenters. The summed E-state index contributed by atoms with van der Waals surface area (Å²) in [5.41, 5.74) is 3.65. The van der Waals surface area contributed by atoms with Crippen LogP contribution in [0.5, 0.6) is 0 Å². The van der Waals surface area contributed by atoms with Gasteiger partial charge in [0, 0.05) is 6.42 Å². The number of rotatable bonds is 5. The molecule has 1 aromatic heterocycles. The molecule has 0 saturated carbocycles. The number of nitriles is 1. The molecule has 1 aliphatic rings. The van der Waals surface area contributed by atoms with Gasteiger partial charge >= 0.3 is 0 Å². The van der Waals surface area contributed by atoms with Crippen LogP contribution in [-0.2, 0) is 17.8 Å². The normalized spacial score (nSPS) is 15.6. The number of hydrogen-bond acceptors (Lipinski definition) is 3. The highest BCUT2D eigenvalue weighted by molar-refractivity contribution is 7.16. The van der Waals surface area contributed by atoms with Gasteiger partial charge in [0.1, 0.15) is 17.6 Å². The standard InChI is InChI=1S/C25H25N3OS/c1-17(2)28-14-13-20-21(15-26)25(30-22(20)16-28)27-24(29)23(18-9-5-3-6-10-18)19-11-7-4-8-12-19/h3-12,17,23H,13-14,16H2,1-2H3,(H,27,29)/p+1. The van der Waals surface area contributed by atoms with E-state index in [0.29, 0.717) is 16.6 Å². The Kier molecular flexibility index (Phi) is 5.98. The highest BCUT2D eigenvalue weighted by Crippen LogP contribution is 2.35. The predicted octanol–water partition coefficient (Wildman–Crippen LogP) is 3.74. The summed E-state index contributed by atoms with van der Waals surface area (Å²) < 4.78 is 0. The molecule has 1 atom stereocenters. The van der Waals surface area contributed by atoms with Gasteiger partial charge in [-0.05, 0) is 30.5 Å². The molecule has 2 heterocycles. The molecule has 30 heavy (non-hydrogen) atoms. The van der Waals surface area contributed by atoms with Crippen LogP contribution in [0.15, 0.2) is 60.7 Å². The first-order valence-corrected chi connectivity index (χ1v) is 11.2. The fourth-order valence-electron chi connectivity index (χ4n) is 4.17. The summed E-state index contributed by atoms with van der Waals surface area (Å²) >= 11 is 1.57. The summed E-state index contributed by atoms with van der Waals surface area (Å²) in [6.07, 6.45) is 0.888. The summed E-state index contributed by atoms with van der Waals surface area (Å²) in [5, 5.41) is 13.6. The van der Waals surface area contributed by atoms with Crippen molar-refractivity contribution in [3.63, 3.8) is 0 Å². The maximum absolute atomic E-state index is 13.4. The Hall–Kier alpha value is -2.94. The van der Waals surface area contributed by atoms with E-state index in [9.17, 15) is 10.1 Å². The van der Waals surface area contributed by atoms with Gasteiger partial charge < -0.3 is 10.2 Å². The SMILES string of the molecule is CC(C)[NH+]1CCc2c(sc(NC(=O)C(c3ccccc3)c3ccccc3)c2C#N)C1. The number of quaternary nitrogens is 1. The molecule has 0 aliphatic carbocycles. The first kappa shape index (κ1) is 20.3. The van der Waals surface area contributed by atoms with Gasteiger partial charge in [-0.2, -0.15) is 5.26 Å². The summed E-state index contributed by atoms with van der Waals surface area (Å²) in [5.74, 6) is -0.522. The van der Waals surface area contributed by atoms with Crippen molar-refractivity contribution in [3.8, 4) is 6.07 Å². The number of benzene rings is 2. The second kappa shape index (κ2) is 8.83. The van der Waals surface area contributed by atoms with Crippen LogP contribution in [0.4, 0.5) is 5.00 Å². The molecule has 0 saturated heterocycles. The zero-order valence-corrected chi connectivity index (χ0v) is 18.1. The average Bonchev–Trinajstić information content (AvgIpc) is 3.11. The minimum atomic E-state index is -0.421. The van der Waals surface area contributed by atoms with Gasteiger partial charge in [-0.15, -0.1) is 11.3 Å². The Morgan fingerprint density at radius 1 is 1.07 bits per heavy atom. The number of nitrogens with one attached hydrogen (secondary N) is 2. The van der Waals surface area contributed by atoms with Crippen LogP contribution in [0.3, 0.4) is 0 Å². The third-order valence-electron chi connectivity index (χ3n) is 5.87. The van der Waals surface area contributed by atoms with Crippen molar-refractivity contribution in [1.29, 1.82) is 5.26 Å². The third-order valence-corrected chi connectivity index (χ3v) is 7.01. The Bertz CT molecular complexity index is 1030. The van der Waals surface area contributed by atoms with Crippen molar-refractivity contribution in [2.75, 3.05) is 11.9 Å². The van der Waals surface area contributed by atoms with E-state index < -0.39 is 5.92 Å². The molecule has 5 heteroatoms. The fourth-order valence-corrected chi connectivity index (χ4v) is 5.42. The number of anilines is 1. The maximum Gasteiger partial charge on any atom is 0.237 e. The zero-order chi connectivity index (χ0) is 21.1. The maximum atomic E-state index is 13.4. The Balaban J connectivity index is 1.66. The van der Waals surface area contributed by atoms with E-state index >= 15 is 0 Å². The van der Waals surface area contributed by atoms with Crippen molar-refractivity contribution >= 4 is 22.2 Å². The van der Waals surface area contributed by atoms with E-state index in [0.717, 1.165) is 36.2 Å². The average molecular weight is 417 g/mol. The second-order valence-corrected chi connectivity index (χ2v) is 9.16. The van der Waals surface area contributed by atoms with Crippen LogP contribution in [0.2, 0.25) is 0 Å². The minimum absolute atomic E-state index is 0.101. The van der Waals surface area contributed by atoms with Gasteiger partial charge in [-0.3, -0.25) is 4.79 Å². The first-order chi connectivity index (χ1) is 14.6. The molecular formula is C25H26N3OS+. The molecule has 4 nitrogen and oxygen atoms in total. The number of carbonyl (C=O) groups is 1. The van der Waals surface area contributed by atoms with E-state index in [4.69, 9.17) is 0 Å². The number of thiophene rings is 1. The summed E-state index contributed by atoms with van der Waals surface area (Å²) in [4.78, 5) is 16.2. The number of carbonyl (C=O) groups excluding carboxylic acids is 1. The van der Waals surface area contributed by atoms with E-state index in [2.05, 4.69) is 25.2 Å². The molecule has 0 spiro atoms. The van der Waals surface area contributed by atoms with Crippen molar-refractivity contribution in [2.45, 2.75) is 38.8 Å². The van der Waals surface area contributed by atoms with E-state index in [1.165, 1.54) is 9.78 Å². The van der Waals surface area contributed by atoms with Crippen molar-refractivity contribution in [1.82, 2.24) is 0 Å². The number of hydrogen-bond donors (Lipinski definition) is 2. The number of nitrogens with zero attached hydrogens (tertiary/aromatic N) is 1. The zero-order valence-electron chi connectivity index (χ0n) is 17.3. The van der Waals surface area contributed by atoms with Gasteiger partial charge in [0.2, 0.25) is 5.91 Å². The first-order valence-electron chi connectivity index (χ1n) is 10.4.